The number of likely N-dealkylation sites (tertiary alicyclic amines) is 1. The molecule has 0 atom stereocenters. The van der Waals surface area contributed by atoms with Gasteiger partial charge in [0.05, 0.1) is 26.0 Å². The molecular weight excluding hydrogens is 396 g/mol. The number of ether oxygens (including phenoxy) is 2. The predicted molar refractivity (Wildman–Crippen MR) is 117 cm³/mol. The van der Waals surface area contributed by atoms with Gasteiger partial charge in [-0.1, -0.05) is 0 Å². The van der Waals surface area contributed by atoms with Crippen LogP contribution in [0.25, 0.3) is 0 Å². The summed E-state index contributed by atoms with van der Waals surface area (Å²) >= 11 is 0. The van der Waals surface area contributed by atoms with E-state index < -0.39 is 0 Å². The highest BCUT2D eigenvalue weighted by Gasteiger charge is 2.44. The number of morpholine rings is 1. The lowest BCUT2D eigenvalue weighted by molar-refractivity contribution is 0.122. The van der Waals surface area contributed by atoms with Crippen LogP contribution in [0.5, 0.6) is 11.5 Å². The predicted octanol–water partition coefficient (Wildman–Crippen LogP) is 1.80. The number of piperidine rings is 1. The first-order valence-corrected chi connectivity index (χ1v) is 11.1. The average molecular weight is 427 g/mol. The molecule has 1 aromatic heterocycles. The highest BCUT2D eigenvalue weighted by molar-refractivity contribution is 5.41. The Morgan fingerprint density at radius 2 is 1.97 bits per heavy atom. The second-order valence-electron chi connectivity index (χ2n) is 8.87. The maximum atomic E-state index is 12.8. The van der Waals surface area contributed by atoms with E-state index >= 15 is 0 Å². The van der Waals surface area contributed by atoms with Crippen LogP contribution in [-0.2, 0) is 23.1 Å². The van der Waals surface area contributed by atoms with E-state index in [1.165, 1.54) is 0 Å². The average Bonchev–Trinajstić information content (AvgIpc) is 3.15. The van der Waals surface area contributed by atoms with Gasteiger partial charge in [-0.3, -0.25) is 14.7 Å². The first-order chi connectivity index (χ1) is 15.1. The van der Waals surface area contributed by atoms with E-state index in [-0.39, 0.29) is 16.7 Å². The number of anilines is 1. The SMILES string of the molecule is COc1ccc(O)cc1CN1CCC2(CCc3c2nc(N2CCOCC2)[nH]c3=O)CC1. The van der Waals surface area contributed by atoms with Crippen molar-refractivity contribution < 1.29 is 14.6 Å². The fourth-order valence-corrected chi connectivity index (χ4v) is 5.32. The maximum absolute atomic E-state index is 12.8. The van der Waals surface area contributed by atoms with Gasteiger partial charge < -0.3 is 19.5 Å². The number of H-pyrrole nitrogens is 1. The number of methoxy groups -OCH3 is 1. The number of phenolic OH excluding ortho intramolecular Hbond substituents is 1. The molecule has 0 amide bonds. The summed E-state index contributed by atoms with van der Waals surface area (Å²) in [5.41, 5.74) is 2.90. The van der Waals surface area contributed by atoms with Crippen LogP contribution in [0.15, 0.2) is 23.0 Å². The molecule has 5 rings (SSSR count). The number of hydrogen-bond donors (Lipinski definition) is 2. The number of nitrogens with one attached hydrogen (secondary N) is 1. The first-order valence-electron chi connectivity index (χ1n) is 11.1. The van der Waals surface area contributed by atoms with Gasteiger partial charge in [0.2, 0.25) is 5.95 Å². The Hall–Kier alpha value is -2.58. The summed E-state index contributed by atoms with van der Waals surface area (Å²) in [5, 5.41) is 9.87. The second kappa shape index (κ2) is 8.16. The Morgan fingerprint density at radius 3 is 2.71 bits per heavy atom. The van der Waals surface area contributed by atoms with Gasteiger partial charge in [0.1, 0.15) is 11.5 Å². The van der Waals surface area contributed by atoms with Crippen LogP contribution < -0.4 is 15.2 Å². The molecule has 0 radical (unpaired) electrons. The summed E-state index contributed by atoms with van der Waals surface area (Å²) in [4.78, 5) is 25.4. The lowest BCUT2D eigenvalue weighted by atomic mass is 9.76. The van der Waals surface area contributed by atoms with Gasteiger partial charge in [-0.2, -0.15) is 0 Å². The summed E-state index contributed by atoms with van der Waals surface area (Å²) in [6.07, 6.45) is 3.77. The molecule has 3 aliphatic rings. The standard InChI is InChI=1S/C23H30N4O4/c1-30-19-3-2-17(28)14-16(19)15-26-8-6-23(7-9-26)5-4-18-20(23)24-22(25-21(18)29)27-10-12-31-13-11-27/h2-3,14,28H,4-13,15H2,1H3,(H,24,25,29). The monoisotopic (exact) mass is 426 g/mol. The second-order valence-corrected chi connectivity index (χ2v) is 8.87. The molecule has 8 nitrogen and oxygen atoms in total. The number of hydrogen-bond acceptors (Lipinski definition) is 7. The van der Waals surface area contributed by atoms with Crippen molar-refractivity contribution in [1.29, 1.82) is 0 Å². The zero-order valence-electron chi connectivity index (χ0n) is 18.0. The van der Waals surface area contributed by atoms with E-state index in [1.807, 2.05) is 6.07 Å². The van der Waals surface area contributed by atoms with E-state index in [9.17, 15) is 9.90 Å². The summed E-state index contributed by atoms with van der Waals surface area (Å²) in [6.45, 7) is 5.45. The number of benzene rings is 1. The zero-order valence-corrected chi connectivity index (χ0v) is 18.0. The molecule has 2 fully saturated rings. The molecular formula is C23H30N4O4. The highest BCUT2D eigenvalue weighted by atomic mass is 16.5. The highest BCUT2D eigenvalue weighted by Crippen LogP contribution is 2.45. The third-order valence-corrected chi connectivity index (χ3v) is 7.14. The number of phenols is 1. The van der Waals surface area contributed by atoms with Crippen molar-refractivity contribution in [3.05, 3.63) is 45.4 Å². The molecule has 166 valence electrons. The lowest BCUT2D eigenvalue weighted by Crippen LogP contribution is -2.43. The third kappa shape index (κ3) is 3.78. The van der Waals surface area contributed by atoms with Crippen molar-refractivity contribution in [2.75, 3.05) is 51.4 Å². The van der Waals surface area contributed by atoms with Gasteiger partial charge in [-0.25, -0.2) is 4.98 Å². The summed E-state index contributed by atoms with van der Waals surface area (Å²) in [6, 6.07) is 5.24. The van der Waals surface area contributed by atoms with Gasteiger partial charge in [0.15, 0.2) is 0 Å². The van der Waals surface area contributed by atoms with Gasteiger partial charge in [-0.15, -0.1) is 0 Å². The fraction of sp³-hybridized carbons (Fsp3) is 0.565. The third-order valence-electron chi connectivity index (χ3n) is 7.14. The van der Waals surface area contributed by atoms with Crippen LogP contribution in [0.3, 0.4) is 0 Å². The number of nitrogens with zero attached hydrogens (tertiary/aromatic N) is 3. The van der Waals surface area contributed by atoms with Gasteiger partial charge in [-0.05, 0) is 57.0 Å². The molecule has 3 heterocycles. The molecule has 2 saturated heterocycles. The molecule has 0 saturated carbocycles. The van der Waals surface area contributed by atoms with Crippen molar-refractivity contribution in [3.8, 4) is 11.5 Å². The number of rotatable bonds is 4. The van der Waals surface area contributed by atoms with Gasteiger partial charge >= 0.3 is 0 Å². The number of aromatic amines is 1. The van der Waals surface area contributed by atoms with Crippen molar-refractivity contribution in [3.63, 3.8) is 0 Å². The Labute approximate surface area is 181 Å². The largest absolute Gasteiger partial charge is 0.508 e. The van der Waals surface area contributed by atoms with Crippen molar-refractivity contribution in [2.45, 2.75) is 37.6 Å². The number of aromatic hydroxyl groups is 1. The van der Waals surface area contributed by atoms with E-state index in [0.717, 1.165) is 81.0 Å². The molecule has 31 heavy (non-hydrogen) atoms. The summed E-state index contributed by atoms with van der Waals surface area (Å²) in [5.74, 6) is 1.75. The quantitative estimate of drug-likeness (QED) is 0.770. The lowest BCUT2D eigenvalue weighted by Gasteiger charge is -2.40. The summed E-state index contributed by atoms with van der Waals surface area (Å²) in [7, 11) is 1.66. The first kappa shape index (κ1) is 20.3. The Kier molecular flexibility index (Phi) is 5.35. The normalized spacial score (nSPS) is 20.7. The molecule has 8 heteroatoms. The topological polar surface area (TPSA) is 90.9 Å². The smallest absolute Gasteiger partial charge is 0.255 e. The molecule has 1 aromatic carbocycles. The molecule has 2 N–H and O–H groups in total. The van der Waals surface area contributed by atoms with Crippen LogP contribution >= 0.6 is 0 Å². The van der Waals surface area contributed by atoms with E-state index in [0.29, 0.717) is 19.2 Å². The summed E-state index contributed by atoms with van der Waals surface area (Å²) < 4.78 is 10.9. The molecule has 0 bridgehead atoms. The van der Waals surface area contributed by atoms with E-state index in [2.05, 4.69) is 14.8 Å². The zero-order chi connectivity index (χ0) is 21.4. The minimum Gasteiger partial charge on any atom is -0.508 e. The number of aromatic nitrogens is 2. The molecule has 0 unspecified atom stereocenters. The van der Waals surface area contributed by atoms with Gasteiger partial charge in [0, 0.05) is 36.2 Å². The van der Waals surface area contributed by atoms with Crippen LogP contribution in [0.4, 0.5) is 5.95 Å². The molecule has 2 aliphatic heterocycles. The van der Waals surface area contributed by atoms with E-state index in [4.69, 9.17) is 14.5 Å². The van der Waals surface area contributed by atoms with Crippen molar-refractivity contribution >= 4 is 5.95 Å². The van der Waals surface area contributed by atoms with Crippen LogP contribution in [-0.4, -0.2) is 66.5 Å². The molecule has 2 aromatic rings. The van der Waals surface area contributed by atoms with Crippen molar-refractivity contribution in [2.24, 2.45) is 0 Å². The fourth-order valence-electron chi connectivity index (χ4n) is 5.32. The molecule has 1 aliphatic carbocycles. The minimum atomic E-state index is -0.00988. The maximum Gasteiger partial charge on any atom is 0.255 e. The van der Waals surface area contributed by atoms with Crippen LogP contribution in [0.2, 0.25) is 0 Å². The minimum absolute atomic E-state index is 0.00988. The van der Waals surface area contributed by atoms with E-state index in [1.54, 1.807) is 19.2 Å². The van der Waals surface area contributed by atoms with Crippen molar-refractivity contribution in [1.82, 2.24) is 14.9 Å². The Bertz CT molecular complexity index is 1010. The Balaban J connectivity index is 1.34. The molecule has 1 spiro atoms. The number of fused-ring (bicyclic) bond motifs is 2. The Morgan fingerprint density at radius 1 is 1.19 bits per heavy atom. The van der Waals surface area contributed by atoms with Gasteiger partial charge in [0.25, 0.3) is 5.56 Å². The van der Waals surface area contributed by atoms with Crippen LogP contribution in [0, 0.1) is 0 Å². The van der Waals surface area contributed by atoms with Crippen LogP contribution in [0.1, 0.15) is 36.1 Å².